The van der Waals surface area contributed by atoms with Gasteiger partial charge in [-0.25, -0.2) is 0 Å². The van der Waals surface area contributed by atoms with Crippen molar-refractivity contribution in [3.05, 3.63) is 0 Å². The van der Waals surface area contributed by atoms with E-state index in [0.29, 0.717) is 10.8 Å². The largest absolute Gasteiger partial charge is 0.316 e. The monoisotopic (exact) mass is 229 g/mol. The summed E-state index contributed by atoms with van der Waals surface area (Å²) >= 11 is 0. The van der Waals surface area contributed by atoms with Crippen LogP contribution in [-0.4, -0.2) is 13.1 Å². The Labute approximate surface area is 104 Å². The van der Waals surface area contributed by atoms with Gasteiger partial charge < -0.3 is 5.32 Å². The third kappa shape index (κ3) is 9.21. The van der Waals surface area contributed by atoms with Crippen molar-refractivity contribution in [2.45, 2.75) is 74.7 Å². The molecule has 1 heterocycles. The Morgan fingerprint density at radius 3 is 1.81 bits per heavy atom. The Balaban J connectivity index is 0. The van der Waals surface area contributed by atoms with Gasteiger partial charge in [-0.1, -0.05) is 55.4 Å². The van der Waals surface area contributed by atoms with Gasteiger partial charge >= 0.3 is 0 Å². The molecule has 1 aliphatic heterocycles. The second-order valence-electron chi connectivity index (χ2n) is 5.79. The summed E-state index contributed by atoms with van der Waals surface area (Å²) in [7, 11) is 0. The molecular formula is C15H35N. The lowest BCUT2D eigenvalue weighted by Crippen LogP contribution is -2.37. The summed E-state index contributed by atoms with van der Waals surface area (Å²) in [5.41, 5.74) is 1.02. The van der Waals surface area contributed by atoms with Crippen LogP contribution in [0.25, 0.3) is 0 Å². The smallest absolute Gasteiger partial charge is 0.000272 e. The molecule has 1 fully saturated rings. The van der Waals surface area contributed by atoms with Crippen LogP contribution in [0, 0.1) is 10.8 Å². The van der Waals surface area contributed by atoms with Crippen LogP contribution in [0.4, 0.5) is 0 Å². The van der Waals surface area contributed by atoms with Gasteiger partial charge in [0.15, 0.2) is 0 Å². The van der Waals surface area contributed by atoms with Gasteiger partial charge in [0, 0.05) is 6.54 Å². The Kier molecular flexibility index (Phi) is 10.4. The highest BCUT2D eigenvalue weighted by Gasteiger charge is 2.29. The quantitative estimate of drug-likeness (QED) is 0.625. The lowest BCUT2D eigenvalue weighted by molar-refractivity contribution is 0.159. The van der Waals surface area contributed by atoms with Crippen molar-refractivity contribution in [1.29, 1.82) is 0 Å². The molecule has 0 spiro atoms. The molecule has 0 aromatic rings. The van der Waals surface area contributed by atoms with E-state index in [9.17, 15) is 0 Å². The van der Waals surface area contributed by atoms with Gasteiger partial charge in [0.05, 0.1) is 0 Å². The summed E-state index contributed by atoms with van der Waals surface area (Å²) in [6.45, 7) is 19.9. The standard InChI is InChI=1S/C11H23N.2C2H6/c1-10(2)6-5-7-12-9-11(3,4)8-10;2*1-2/h12H,5-9H2,1-4H3;2*1-2H3. The summed E-state index contributed by atoms with van der Waals surface area (Å²) in [6, 6.07) is 0. The minimum Gasteiger partial charge on any atom is -0.316 e. The van der Waals surface area contributed by atoms with Crippen LogP contribution in [0.3, 0.4) is 0 Å². The molecule has 1 saturated heterocycles. The predicted octanol–water partition coefficient (Wildman–Crippen LogP) is 4.86. The summed E-state index contributed by atoms with van der Waals surface area (Å²) in [6.07, 6.45) is 4.04. The molecule has 100 valence electrons. The summed E-state index contributed by atoms with van der Waals surface area (Å²) < 4.78 is 0. The first-order valence-corrected chi connectivity index (χ1v) is 7.12. The highest BCUT2D eigenvalue weighted by Crippen LogP contribution is 2.37. The number of rotatable bonds is 0. The number of hydrogen-bond donors (Lipinski definition) is 1. The molecule has 1 aliphatic rings. The zero-order valence-corrected chi connectivity index (χ0v) is 13.0. The summed E-state index contributed by atoms with van der Waals surface area (Å²) in [5.74, 6) is 0. The highest BCUT2D eigenvalue weighted by atomic mass is 14.9. The molecule has 1 N–H and O–H groups in total. The Morgan fingerprint density at radius 2 is 1.31 bits per heavy atom. The summed E-state index contributed by atoms with van der Waals surface area (Å²) in [4.78, 5) is 0. The molecule has 0 saturated carbocycles. The van der Waals surface area contributed by atoms with E-state index < -0.39 is 0 Å². The van der Waals surface area contributed by atoms with Crippen LogP contribution in [0.1, 0.15) is 74.7 Å². The van der Waals surface area contributed by atoms with Gasteiger partial charge in [-0.15, -0.1) is 0 Å². The Morgan fingerprint density at radius 1 is 0.812 bits per heavy atom. The Bertz CT molecular complexity index is 132. The molecule has 0 unspecified atom stereocenters. The van der Waals surface area contributed by atoms with Crippen LogP contribution >= 0.6 is 0 Å². The van der Waals surface area contributed by atoms with Crippen LogP contribution in [0.15, 0.2) is 0 Å². The van der Waals surface area contributed by atoms with E-state index in [0.717, 1.165) is 0 Å². The number of nitrogens with one attached hydrogen (secondary N) is 1. The molecule has 1 rings (SSSR count). The zero-order chi connectivity index (χ0) is 13.2. The topological polar surface area (TPSA) is 12.0 Å². The van der Waals surface area contributed by atoms with Crippen molar-refractivity contribution in [3.63, 3.8) is 0 Å². The van der Waals surface area contributed by atoms with Crippen LogP contribution < -0.4 is 5.32 Å². The molecule has 0 aliphatic carbocycles. The molecule has 0 bridgehead atoms. The molecule has 0 aromatic carbocycles. The Hall–Kier alpha value is -0.0400. The van der Waals surface area contributed by atoms with E-state index in [2.05, 4.69) is 33.0 Å². The van der Waals surface area contributed by atoms with Crippen molar-refractivity contribution in [3.8, 4) is 0 Å². The SMILES string of the molecule is CC.CC.CC1(C)CCCNCC(C)(C)C1. The maximum Gasteiger partial charge on any atom is 0.000272 e. The van der Waals surface area contributed by atoms with Gasteiger partial charge in [-0.3, -0.25) is 0 Å². The average molecular weight is 229 g/mol. The third-order valence-corrected chi connectivity index (χ3v) is 2.77. The second-order valence-corrected chi connectivity index (χ2v) is 5.79. The van der Waals surface area contributed by atoms with Crippen molar-refractivity contribution < 1.29 is 0 Å². The maximum atomic E-state index is 3.52. The zero-order valence-electron chi connectivity index (χ0n) is 13.0. The highest BCUT2D eigenvalue weighted by molar-refractivity contribution is 4.83. The first-order chi connectivity index (χ1) is 7.41. The second kappa shape index (κ2) is 9.04. The van der Waals surface area contributed by atoms with E-state index in [-0.39, 0.29) is 0 Å². The van der Waals surface area contributed by atoms with Crippen molar-refractivity contribution in [2.75, 3.05) is 13.1 Å². The molecule has 0 amide bonds. The van der Waals surface area contributed by atoms with Crippen molar-refractivity contribution in [1.82, 2.24) is 5.32 Å². The van der Waals surface area contributed by atoms with Crippen LogP contribution in [-0.2, 0) is 0 Å². The fourth-order valence-electron chi connectivity index (χ4n) is 2.57. The van der Waals surface area contributed by atoms with Gasteiger partial charge in [-0.05, 0) is 36.6 Å². The minimum atomic E-state index is 0.476. The van der Waals surface area contributed by atoms with Gasteiger partial charge in [-0.2, -0.15) is 0 Å². The third-order valence-electron chi connectivity index (χ3n) is 2.77. The minimum absolute atomic E-state index is 0.476. The van der Waals surface area contributed by atoms with Gasteiger partial charge in [0.1, 0.15) is 0 Å². The lowest BCUT2D eigenvalue weighted by atomic mass is 9.72. The van der Waals surface area contributed by atoms with E-state index in [4.69, 9.17) is 0 Å². The molecular weight excluding hydrogens is 194 g/mol. The van der Waals surface area contributed by atoms with E-state index in [1.165, 1.54) is 32.4 Å². The summed E-state index contributed by atoms with van der Waals surface area (Å²) in [5, 5.41) is 3.52. The normalized spacial score (nSPS) is 22.5. The lowest BCUT2D eigenvalue weighted by Gasteiger charge is -2.37. The van der Waals surface area contributed by atoms with Gasteiger partial charge in [0.2, 0.25) is 0 Å². The molecule has 0 aromatic heterocycles. The maximum absolute atomic E-state index is 3.52. The fraction of sp³-hybridized carbons (Fsp3) is 1.00. The van der Waals surface area contributed by atoms with E-state index >= 15 is 0 Å². The average Bonchev–Trinajstić information content (AvgIpc) is 2.19. The number of hydrogen-bond acceptors (Lipinski definition) is 1. The van der Waals surface area contributed by atoms with Crippen molar-refractivity contribution in [2.24, 2.45) is 10.8 Å². The van der Waals surface area contributed by atoms with Crippen molar-refractivity contribution >= 4 is 0 Å². The van der Waals surface area contributed by atoms with Gasteiger partial charge in [0.25, 0.3) is 0 Å². The molecule has 0 atom stereocenters. The first-order valence-electron chi connectivity index (χ1n) is 7.12. The fourth-order valence-corrected chi connectivity index (χ4v) is 2.57. The van der Waals surface area contributed by atoms with E-state index in [1.807, 2.05) is 27.7 Å². The predicted molar refractivity (Wildman–Crippen MR) is 77.0 cm³/mol. The molecule has 0 radical (unpaired) electrons. The van der Waals surface area contributed by atoms with Crippen LogP contribution in [0.2, 0.25) is 0 Å². The molecule has 1 heteroatoms. The molecule has 1 nitrogen and oxygen atoms in total. The van der Waals surface area contributed by atoms with E-state index in [1.54, 1.807) is 0 Å². The molecule has 16 heavy (non-hydrogen) atoms. The van der Waals surface area contributed by atoms with Crippen LogP contribution in [0.5, 0.6) is 0 Å². The first kappa shape index (κ1) is 18.3.